The van der Waals surface area contributed by atoms with Crippen LogP contribution >= 0.6 is 0 Å². The van der Waals surface area contributed by atoms with Gasteiger partial charge in [-0.2, -0.15) is 14.6 Å². The van der Waals surface area contributed by atoms with Gasteiger partial charge in [0.05, 0.1) is 0 Å². The number of fused-ring (bicyclic) bond motifs is 1. The van der Waals surface area contributed by atoms with Gasteiger partial charge in [-0.1, -0.05) is 26.7 Å². The van der Waals surface area contributed by atoms with E-state index in [2.05, 4.69) is 34.2 Å². The quantitative estimate of drug-likeness (QED) is 0.901. The largest absolute Gasteiger partial charge is 0.367 e. The molecule has 0 radical (unpaired) electrons. The molecule has 1 saturated carbocycles. The summed E-state index contributed by atoms with van der Waals surface area (Å²) < 4.78 is 1.79. The maximum atomic E-state index is 4.38. The first-order valence-electron chi connectivity index (χ1n) is 7.00. The van der Waals surface area contributed by atoms with Crippen LogP contribution in [-0.2, 0) is 0 Å². The minimum Gasteiger partial charge on any atom is -0.367 e. The van der Waals surface area contributed by atoms with Crippen molar-refractivity contribution < 1.29 is 0 Å². The molecule has 1 unspecified atom stereocenters. The lowest BCUT2D eigenvalue weighted by molar-refractivity contribution is 0.216. The van der Waals surface area contributed by atoms with Crippen molar-refractivity contribution in [1.82, 2.24) is 19.6 Å². The predicted octanol–water partition coefficient (Wildman–Crippen LogP) is 2.81. The molecule has 2 aromatic rings. The number of aromatic nitrogens is 4. The fourth-order valence-electron chi connectivity index (χ4n) is 2.97. The molecule has 5 heteroatoms. The summed E-state index contributed by atoms with van der Waals surface area (Å²) in [7, 11) is 0. The maximum absolute atomic E-state index is 4.38. The molecule has 2 aromatic heterocycles. The normalized spacial score (nSPS) is 22.6. The van der Waals surface area contributed by atoms with E-state index in [0.29, 0.717) is 17.2 Å². The zero-order chi connectivity index (χ0) is 13.5. The molecular formula is C14H21N5. The van der Waals surface area contributed by atoms with Gasteiger partial charge in [0.2, 0.25) is 0 Å². The fourth-order valence-corrected chi connectivity index (χ4v) is 2.97. The second-order valence-corrected chi connectivity index (χ2v) is 6.19. The summed E-state index contributed by atoms with van der Waals surface area (Å²) in [5, 5.41) is 7.92. The molecule has 0 aromatic carbocycles. The molecule has 1 aliphatic rings. The van der Waals surface area contributed by atoms with Crippen molar-refractivity contribution >= 4 is 11.6 Å². The van der Waals surface area contributed by atoms with E-state index < -0.39 is 0 Å². The number of hydrogen-bond donors (Lipinski definition) is 1. The first-order valence-corrected chi connectivity index (χ1v) is 7.00. The molecular weight excluding hydrogens is 238 g/mol. The highest BCUT2D eigenvalue weighted by Gasteiger charge is 2.32. The van der Waals surface area contributed by atoms with Crippen LogP contribution in [0.2, 0.25) is 0 Å². The zero-order valence-electron chi connectivity index (χ0n) is 11.8. The van der Waals surface area contributed by atoms with Gasteiger partial charge < -0.3 is 5.32 Å². The number of anilines is 1. The molecule has 0 amide bonds. The number of rotatable bonds is 2. The van der Waals surface area contributed by atoms with Gasteiger partial charge >= 0.3 is 0 Å². The van der Waals surface area contributed by atoms with E-state index >= 15 is 0 Å². The van der Waals surface area contributed by atoms with E-state index in [4.69, 9.17) is 0 Å². The zero-order valence-corrected chi connectivity index (χ0v) is 11.8. The van der Waals surface area contributed by atoms with Crippen LogP contribution in [0.1, 0.15) is 45.2 Å². The van der Waals surface area contributed by atoms with Gasteiger partial charge in [0.25, 0.3) is 5.78 Å². The van der Waals surface area contributed by atoms with Gasteiger partial charge in [-0.3, -0.25) is 0 Å². The summed E-state index contributed by atoms with van der Waals surface area (Å²) in [6.45, 7) is 6.68. The summed E-state index contributed by atoms with van der Waals surface area (Å²) >= 11 is 0. The molecule has 1 fully saturated rings. The van der Waals surface area contributed by atoms with Gasteiger partial charge in [-0.05, 0) is 25.2 Å². The third-order valence-corrected chi connectivity index (χ3v) is 4.21. The summed E-state index contributed by atoms with van der Waals surface area (Å²) in [5.41, 5.74) is 1.29. The standard InChI is InChI=1S/C14H21N5/c1-10-8-12(19-13(17-10)15-9-16-19)18-11-6-4-5-7-14(11,2)3/h8-9,11,18H,4-7H2,1-3H3. The molecule has 3 rings (SSSR count). The third-order valence-electron chi connectivity index (χ3n) is 4.21. The molecule has 1 aliphatic carbocycles. The summed E-state index contributed by atoms with van der Waals surface area (Å²) in [4.78, 5) is 8.55. The highest BCUT2D eigenvalue weighted by molar-refractivity contribution is 5.45. The van der Waals surface area contributed by atoms with E-state index in [0.717, 1.165) is 11.5 Å². The van der Waals surface area contributed by atoms with Gasteiger partial charge in [-0.25, -0.2) is 4.98 Å². The minimum absolute atomic E-state index is 0.322. The molecule has 0 saturated heterocycles. The highest BCUT2D eigenvalue weighted by Crippen LogP contribution is 2.37. The Hall–Kier alpha value is -1.65. The lowest BCUT2D eigenvalue weighted by Crippen LogP contribution is -2.39. The number of nitrogens with one attached hydrogen (secondary N) is 1. The lowest BCUT2D eigenvalue weighted by Gasteiger charge is -2.39. The molecule has 1 N–H and O–H groups in total. The SMILES string of the molecule is Cc1cc(NC2CCCCC2(C)C)n2ncnc2n1. The van der Waals surface area contributed by atoms with Gasteiger partial charge in [-0.15, -0.1) is 0 Å². The Morgan fingerprint density at radius 1 is 1.37 bits per heavy atom. The van der Waals surface area contributed by atoms with Crippen molar-refractivity contribution in [3.63, 3.8) is 0 Å². The minimum atomic E-state index is 0.322. The number of hydrogen-bond acceptors (Lipinski definition) is 4. The van der Waals surface area contributed by atoms with Crippen molar-refractivity contribution in [1.29, 1.82) is 0 Å². The summed E-state index contributed by atoms with van der Waals surface area (Å²) in [6.07, 6.45) is 6.67. The van der Waals surface area contributed by atoms with Crippen LogP contribution < -0.4 is 5.32 Å². The second-order valence-electron chi connectivity index (χ2n) is 6.19. The van der Waals surface area contributed by atoms with E-state index in [9.17, 15) is 0 Å². The average molecular weight is 259 g/mol. The van der Waals surface area contributed by atoms with Gasteiger partial charge in [0.1, 0.15) is 12.1 Å². The maximum Gasteiger partial charge on any atom is 0.254 e. The van der Waals surface area contributed by atoms with Crippen molar-refractivity contribution in [2.45, 2.75) is 52.5 Å². The summed E-state index contributed by atoms with van der Waals surface area (Å²) in [5.74, 6) is 1.66. The Balaban J connectivity index is 1.94. The second kappa shape index (κ2) is 4.47. The topological polar surface area (TPSA) is 55.1 Å². The monoisotopic (exact) mass is 259 g/mol. The van der Waals surface area contributed by atoms with Crippen LogP contribution in [0, 0.1) is 12.3 Å². The molecule has 0 aliphatic heterocycles. The van der Waals surface area contributed by atoms with Crippen molar-refractivity contribution in [3.05, 3.63) is 18.1 Å². The smallest absolute Gasteiger partial charge is 0.254 e. The molecule has 102 valence electrons. The average Bonchev–Trinajstić information content (AvgIpc) is 2.79. The van der Waals surface area contributed by atoms with Crippen LogP contribution in [0.15, 0.2) is 12.4 Å². The van der Waals surface area contributed by atoms with Gasteiger partial charge in [0.15, 0.2) is 0 Å². The van der Waals surface area contributed by atoms with E-state index in [1.165, 1.54) is 25.7 Å². The van der Waals surface area contributed by atoms with Crippen LogP contribution in [-0.4, -0.2) is 25.6 Å². The number of nitrogens with zero attached hydrogens (tertiary/aromatic N) is 4. The van der Waals surface area contributed by atoms with Crippen molar-refractivity contribution in [3.8, 4) is 0 Å². The predicted molar refractivity (Wildman–Crippen MR) is 75.2 cm³/mol. The molecule has 5 nitrogen and oxygen atoms in total. The Kier molecular flexibility index (Phi) is 2.92. The highest BCUT2D eigenvalue weighted by atomic mass is 15.4. The van der Waals surface area contributed by atoms with E-state index in [-0.39, 0.29) is 0 Å². The molecule has 1 atom stereocenters. The van der Waals surface area contributed by atoms with E-state index in [1.54, 1.807) is 10.8 Å². The van der Waals surface area contributed by atoms with Crippen LogP contribution in [0.3, 0.4) is 0 Å². The van der Waals surface area contributed by atoms with Crippen molar-refractivity contribution in [2.75, 3.05) is 5.32 Å². The summed E-state index contributed by atoms with van der Waals surface area (Å²) in [6, 6.07) is 2.53. The van der Waals surface area contributed by atoms with Crippen molar-refractivity contribution in [2.24, 2.45) is 5.41 Å². The van der Waals surface area contributed by atoms with Gasteiger partial charge in [0, 0.05) is 17.8 Å². The molecule has 2 heterocycles. The van der Waals surface area contributed by atoms with E-state index in [1.807, 2.05) is 13.0 Å². The fraction of sp³-hybridized carbons (Fsp3) is 0.643. The Bertz CT molecular complexity index is 587. The van der Waals surface area contributed by atoms with Crippen LogP contribution in [0.5, 0.6) is 0 Å². The van der Waals surface area contributed by atoms with Crippen LogP contribution in [0.4, 0.5) is 5.82 Å². The lowest BCUT2D eigenvalue weighted by atomic mass is 9.73. The first kappa shape index (κ1) is 12.4. The third kappa shape index (κ3) is 2.29. The Morgan fingerprint density at radius 3 is 3.00 bits per heavy atom. The molecule has 0 spiro atoms. The Labute approximate surface area is 113 Å². The van der Waals surface area contributed by atoms with Crippen LogP contribution in [0.25, 0.3) is 5.78 Å². The molecule has 19 heavy (non-hydrogen) atoms. The molecule has 0 bridgehead atoms. The Morgan fingerprint density at radius 2 is 2.21 bits per heavy atom. The number of aryl methyl sites for hydroxylation is 1. The first-order chi connectivity index (χ1) is 9.06.